The highest BCUT2D eigenvalue weighted by molar-refractivity contribution is 5.70. The van der Waals surface area contributed by atoms with E-state index in [1.165, 1.54) is 4.57 Å². The zero-order valence-corrected chi connectivity index (χ0v) is 12.2. The van der Waals surface area contributed by atoms with Crippen LogP contribution in [0.1, 0.15) is 32.7 Å². The molecule has 2 rings (SSSR count). The fraction of sp³-hybridized carbons (Fsp3) is 0.615. The van der Waals surface area contributed by atoms with Crippen LogP contribution in [-0.4, -0.2) is 25.2 Å². The average molecular weight is 279 g/mol. The summed E-state index contributed by atoms with van der Waals surface area (Å²) in [5, 5.41) is 0. The Hall–Kier alpha value is -1.89. The van der Waals surface area contributed by atoms with Gasteiger partial charge in [0.2, 0.25) is 0 Å². The van der Waals surface area contributed by atoms with Gasteiger partial charge in [0.25, 0.3) is 5.56 Å². The molecule has 0 aliphatic heterocycles. The monoisotopic (exact) mass is 279 g/mol. The molecule has 0 bridgehead atoms. The minimum absolute atomic E-state index is 0.00961. The summed E-state index contributed by atoms with van der Waals surface area (Å²) in [6, 6.07) is -0.00961. The van der Waals surface area contributed by atoms with E-state index >= 15 is 0 Å². The first-order valence-electron chi connectivity index (χ1n) is 6.89. The molecule has 0 radical (unpaired) electrons. The molecule has 2 aromatic rings. The molecule has 0 spiro atoms. The molecule has 0 fully saturated rings. The molecule has 0 aliphatic carbocycles. The minimum Gasteiger partial charge on any atom is -0.330 e. The molecule has 20 heavy (non-hydrogen) atoms. The molecule has 7 nitrogen and oxygen atoms in total. The van der Waals surface area contributed by atoms with Crippen molar-refractivity contribution in [2.75, 3.05) is 6.54 Å². The smallest absolute Gasteiger partial charge is 0.330 e. The van der Waals surface area contributed by atoms with Crippen molar-refractivity contribution in [3.05, 3.63) is 27.2 Å². The van der Waals surface area contributed by atoms with E-state index in [-0.39, 0.29) is 17.3 Å². The molecule has 1 atom stereocenters. The van der Waals surface area contributed by atoms with E-state index in [9.17, 15) is 9.59 Å². The summed E-state index contributed by atoms with van der Waals surface area (Å²) in [5.41, 5.74) is 5.81. The SMILES string of the molecule is CCC(C)n1c(=O)n(CCCN)c(=O)c2c1ncn2C. The number of imidazole rings is 1. The van der Waals surface area contributed by atoms with Crippen LogP contribution in [0.4, 0.5) is 0 Å². The summed E-state index contributed by atoms with van der Waals surface area (Å²) >= 11 is 0. The predicted molar refractivity (Wildman–Crippen MR) is 77.9 cm³/mol. The summed E-state index contributed by atoms with van der Waals surface area (Å²) in [4.78, 5) is 29.2. The third-order valence-corrected chi connectivity index (χ3v) is 3.65. The molecule has 1 unspecified atom stereocenters. The van der Waals surface area contributed by atoms with Gasteiger partial charge in [-0.15, -0.1) is 0 Å². The van der Waals surface area contributed by atoms with E-state index in [0.717, 1.165) is 6.42 Å². The van der Waals surface area contributed by atoms with Crippen LogP contribution in [0.15, 0.2) is 15.9 Å². The van der Waals surface area contributed by atoms with E-state index in [0.29, 0.717) is 30.7 Å². The van der Waals surface area contributed by atoms with Crippen LogP contribution in [0, 0.1) is 0 Å². The zero-order chi connectivity index (χ0) is 14.9. The maximum atomic E-state index is 12.6. The van der Waals surface area contributed by atoms with Crippen molar-refractivity contribution < 1.29 is 0 Å². The number of aryl methyl sites for hydroxylation is 1. The highest BCUT2D eigenvalue weighted by Gasteiger charge is 2.19. The Morgan fingerprint density at radius 2 is 2.10 bits per heavy atom. The van der Waals surface area contributed by atoms with Crippen LogP contribution in [0.3, 0.4) is 0 Å². The summed E-state index contributed by atoms with van der Waals surface area (Å²) in [6.07, 6.45) is 2.96. The lowest BCUT2D eigenvalue weighted by Gasteiger charge is -2.16. The summed E-state index contributed by atoms with van der Waals surface area (Å²) in [6.45, 7) is 4.73. The average Bonchev–Trinajstić information content (AvgIpc) is 2.80. The Kier molecular flexibility index (Phi) is 4.08. The number of aromatic nitrogens is 4. The number of rotatable bonds is 5. The zero-order valence-electron chi connectivity index (χ0n) is 12.2. The molecular weight excluding hydrogens is 258 g/mol. The lowest BCUT2D eigenvalue weighted by Crippen LogP contribution is -2.41. The van der Waals surface area contributed by atoms with E-state index in [1.807, 2.05) is 13.8 Å². The second kappa shape index (κ2) is 5.62. The highest BCUT2D eigenvalue weighted by atomic mass is 16.2. The van der Waals surface area contributed by atoms with Crippen LogP contribution >= 0.6 is 0 Å². The minimum atomic E-state index is -0.302. The third kappa shape index (κ3) is 2.18. The Balaban J connectivity index is 2.83. The highest BCUT2D eigenvalue weighted by Crippen LogP contribution is 2.13. The summed E-state index contributed by atoms with van der Waals surface area (Å²) in [5.74, 6) is 0. The van der Waals surface area contributed by atoms with Gasteiger partial charge in [-0.05, 0) is 26.3 Å². The second-order valence-corrected chi connectivity index (χ2v) is 5.04. The largest absolute Gasteiger partial charge is 0.332 e. The van der Waals surface area contributed by atoms with E-state index in [2.05, 4.69) is 4.98 Å². The molecule has 2 N–H and O–H groups in total. The van der Waals surface area contributed by atoms with Gasteiger partial charge in [0.05, 0.1) is 6.33 Å². The molecular formula is C13H21N5O2. The molecule has 0 amide bonds. The van der Waals surface area contributed by atoms with E-state index < -0.39 is 0 Å². The van der Waals surface area contributed by atoms with E-state index in [4.69, 9.17) is 5.73 Å². The molecule has 0 saturated carbocycles. The van der Waals surface area contributed by atoms with Crippen LogP contribution in [0.5, 0.6) is 0 Å². The first-order valence-corrected chi connectivity index (χ1v) is 6.89. The lowest BCUT2D eigenvalue weighted by atomic mass is 10.2. The first-order chi connectivity index (χ1) is 9.52. The van der Waals surface area contributed by atoms with Gasteiger partial charge in [0.15, 0.2) is 11.2 Å². The number of fused-ring (bicyclic) bond motifs is 1. The standard InChI is InChI=1S/C13H21N5O2/c1-4-9(2)18-11-10(16(3)8-15-11)12(19)17(13(18)20)7-5-6-14/h8-9H,4-7,14H2,1-3H3. The van der Waals surface area contributed by atoms with Gasteiger partial charge in [0.1, 0.15) is 0 Å². The number of nitrogens with two attached hydrogens (primary N) is 1. The van der Waals surface area contributed by atoms with Gasteiger partial charge in [-0.3, -0.25) is 13.9 Å². The molecule has 110 valence electrons. The lowest BCUT2D eigenvalue weighted by molar-refractivity contribution is 0.478. The van der Waals surface area contributed by atoms with Crippen molar-refractivity contribution in [3.63, 3.8) is 0 Å². The molecule has 0 aromatic carbocycles. The maximum Gasteiger partial charge on any atom is 0.332 e. The third-order valence-electron chi connectivity index (χ3n) is 3.65. The molecule has 0 saturated heterocycles. The van der Waals surface area contributed by atoms with Gasteiger partial charge >= 0.3 is 5.69 Å². The van der Waals surface area contributed by atoms with Crippen LogP contribution in [-0.2, 0) is 13.6 Å². The Morgan fingerprint density at radius 3 is 2.70 bits per heavy atom. The second-order valence-electron chi connectivity index (χ2n) is 5.04. The quantitative estimate of drug-likeness (QED) is 0.848. The van der Waals surface area contributed by atoms with Crippen molar-refractivity contribution in [3.8, 4) is 0 Å². The van der Waals surface area contributed by atoms with Crippen molar-refractivity contribution >= 4 is 11.2 Å². The van der Waals surface area contributed by atoms with Crippen LogP contribution in [0.2, 0.25) is 0 Å². The van der Waals surface area contributed by atoms with Gasteiger partial charge in [-0.25, -0.2) is 9.78 Å². The number of hydrogen-bond acceptors (Lipinski definition) is 4. The molecule has 2 heterocycles. The molecule has 2 aromatic heterocycles. The van der Waals surface area contributed by atoms with Gasteiger partial charge < -0.3 is 10.3 Å². The van der Waals surface area contributed by atoms with Crippen molar-refractivity contribution in [1.82, 2.24) is 18.7 Å². The Morgan fingerprint density at radius 1 is 1.40 bits per heavy atom. The van der Waals surface area contributed by atoms with E-state index in [1.54, 1.807) is 22.5 Å². The fourth-order valence-electron chi connectivity index (χ4n) is 2.30. The summed E-state index contributed by atoms with van der Waals surface area (Å²) in [7, 11) is 1.76. The predicted octanol–water partition coefficient (Wildman–Crippen LogP) is 0.217. The normalized spacial score (nSPS) is 13.0. The Labute approximate surface area is 116 Å². The van der Waals surface area contributed by atoms with Gasteiger partial charge in [-0.2, -0.15) is 0 Å². The van der Waals surface area contributed by atoms with Crippen LogP contribution < -0.4 is 17.0 Å². The topological polar surface area (TPSA) is 87.8 Å². The molecule has 0 aliphatic rings. The van der Waals surface area contributed by atoms with Gasteiger partial charge in [-0.1, -0.05) is 6.92 Å². The fourth-order valence-corrected chi connectivity index (χ4v) is 2.30. The summed E-state index contributed by atoms with van der Waals surface area (Å²) < 4.78 is 4.53. The van der Waals surface area contributed by atoms with Crippen molar-refractivity contribution in [1.29, 1.82) is 0 Å². The number of hydrogen-bond donors (Lipinski definition) is 1. The van der Waals surface area contributed by atoms with Crippen molar-refractivity contribution in [2.45, 2.75) is 39.3 Å². The first kappa shape index (κ1) is 14.5. The molecule has 7 heteroatoms. The van der Waals surface area contributed by atoms with Crippen molar-refractivity contribution in [2.24, 2.45) is 12.8 Å². The Bertz CT molecular complexity index is 725. The number of nitrogens with zero attached hydrogens (tertiary/aromatic N) is 4. The van der Waals surface area contributed by atoms with Crippen LogP contribution in [0.25, 0.3) is 11.2 Å². The van der Waals surface area contributed by atoms with Gasteiger partial charge in [0, 0.05) is 19.6 Å². The maximum absolute atomic E-state index is 12.6.